The molecule has 2 heterocycles. The Bertz CT molecular complexity index is 766. The Kier molecular flexibility index (Phi) is 3.00. The molecule has 1 aromatic carbocycles. The molecular weight excluding hydrogens is 262 g/mol. The highest BCUT2D eigenvalue weighted by atomic mass is 15.3. The van der Waals surface area contributed by atoms with E-state index in [4.69, 9.17) is 0 Å². The molecule has 1 fully saturated rings. The van der Waals surface area contributed by atoms with Crippen LogP contribution in [0.25, 0.3) is 10.9 Å². The number of nitrogens with one attached hydrogen (secondary N) is 1. The van der Waals surface area contributed by atoms with Crippen molar-refractivity contribution in [2.24, 2.45) is 7.05 Å². The quantitative estimate of drug-likeness (QED) is 0.779. The van der Waals surface area contributed by atoms with Crippen molar-refractivity contribution in [2.75, 3.05) is 0 Å². The first-order valence-corrected chi connectivity index (χ1v) is 7.46. The number of rotatable bonds is 5. The molecule has 1 N–H and O–H groups in total. The number of aryl methyl sites for hydroxylation is 1. The number of aromatic nitrogens is 4. The van der Waals surface area contributed by atoms with Crippen molar-refractivity contribution in [1.82, 2.24) is 24.9 Å². The summed E-state index contributed by atoms with van der Waals surface area (Å²) < 4.78 is 3.91. The van der Waals surface area contributed by atoms with E-state index in [-0.39, 0.29) is 0 Å². The summed E-state index contributed by atoms with van der Waals surface area (Å²) in [6.07, 6.45) is 4.65. The Labute approximate surface area is 123 Å². The Morgan fingerprint density at radius 3 is 2.90 bits per heavy atom. The SMILES string of the molecule is Cn1nc(Cn2ccc(CNC3CC3)n2)c2ccccc21. The topological polar surface area (TPSA) is 47.7 Å². The van der Waals surface area contributed by atoms with Crippen LogP contribution in [0.4, 0.5) is 0 Å². The van der Waals surface area contributed by atoms with E-state index in [1.807, 2.05) is 28.7 Å². The minimum atomic E-state index is 0.713. The Morgan fingerprint density at radius 1 is 1.19 bits per heavy atom. The predicted molar refractivity (Wildman–Crippen MR) is 81.9 cm³/mol. The van der Waals surface area contributed by atoms with Crippen LogP contribution in [-0.4, -0.2) is 25.6 Å². The number of hydrogen-bond donors (Lipinski definition) is 1. The largest absolute Gasteiger partial charge is 0.308 e. The lowest BCUT2D eigenvalue weighted by Gasteiger charge is -2.00. The van der Waals surface area contributed by atoms with E-state index in [9.17, 15) is 0 Å². The molecule has 2 aromatic heterocycles. The summed E-state index contributed by atoms with van der Waals surface area (Å²) in [4.78, 5) is 0. The van der Waals surface area contributed by atoms with Crippen LogP contribution >= 0.6 is 0 Å². The lowest BCUT2D eigenvalue weighted by atomic mass is 10.2. The average Bonchev–Trinajstić information content (AvgIpc) is 3.15. The summed E-state index contributed by atoms with van der Waals surface area (Å²) in [5, 5.41) is 13.9. The van der Waals surface area contributed by atoms with Gasteiger partial charge in [-0.3, -0.25) is 9.36 Å². The minimum Gasteiger partial charge on any atom is -0.308 e. The van der Waals surface area contributed by atoms with E-state index in [0.29, 0.717) is 6.54 Å². The zero-order valence-corrected chi connectivity index (χ0v) is 12.2. The zero-order chi connectivity index (χ0) is 14.2. The van der Waals surface area contributed by atoms with Gasteiger partial charge in [0.25, 0.3) is 0 Å². The lowest BCUT2D eigenvalue weighted by molar-refractivity contribution is 0.619. The fourth-order valence-corrected chi connectivity index (χ4v) is 2.68. The monoisotopic (exact) mass is 281 g/mol. The normalized spacial score (nSPS) is 14.9. The number of fused-ring (bicyclic) bond motifs is 1. The third-order valence-electron chi connectivity index (χ3n) is 3.99. The maximum Gasteiger partial charge on any atom is 0.0918 e. The van der Waals surface area contributed by atoms with Gasteiger partial charge in [0.15, 0.2) is 0 Å². The molecule has 108 valence electrons. The van der Waals surface area contributed by atoms with Crippen LogP contribution in [0.2, 0.25) is 0 Å². The van der Waals surface area contributed by atoms with Crippen LogP contribution in [-0.2, 0) is 20.1 Å². The van der Waals surface area contributed by atoms with E-state index in [2.05, 4.69) is 39.8 Å². The second-order valence-electron chi connectivity index (χ2n) is 5.75. The van der Waals surface area contributed by atoms with Gasteiger partial charge >= 0.3 is 0 Å². The minimum absolute atomic E-state index is 0.713. The molecule has 0 aliphatic heterocycles. The lowest BCUT2D eigenvalue weighted by Crippen LogP contribution is -2.16. The highest BCUT2D eigenvalue weighted by Crippen LogP contribution is 2.20. The maximum atomic E-state index is 4.63. The molecule has 0 atom stereocenters. The molecule has 0 spiro atoms. The van der Waals surface area contributed by atoms with Crippen LogP contribution in [0, 0.1) is 0 Å². The van der Waals surface area contributed by atoms with E-state index in [1.54, 1.807) is 0 Å². The predicted octanol–water partition coefficient (Wildman–Crippen LogP) is 2.07. The van der Waals surface area contributed by atoms with Crippen molar-refractivity contribution in [1.29, 1.82) is 0 Å². The molecule has 5 nitrogen and oxygen atoms in total. The fraction of sp³-hybridized carbons (Fsp3) is 0.375. The molecule has 0 amide bonds. The summed E-state index contributed by atoms with van der Waals surface area (Å²) >= 11 is 0. The molecule has 21 heavy (non-hydrogen) atoms. The molecule has 1 aliphatic rings. The summed E-state index contributed by atoms with van der Waals surface area (Å²) in [5.74, 6) is 0. The van der Waals surface area contributed by atoms with Crippen molar-refractivity contribution in [2.45, 2.75) is 32.0 Å². The number of nitrogens with zero attached hydrogens (tertiary/aromatic N) is 4. The first-order chi connectivity index (χ1) is 10.3. The van der Waals surface area contributed by atoms with Crippen molar-refractivity contribution in [3.8, 4) is 0 Å². The van der Waals surface area contributed by atoms with Gasteiger partial charge in [-0.15, -0.1) is 0 Å². The molecule has 5 heteroatoms. The van der Waals surface area contributed by atoms with Gasteiger partial charge in [-0.2, -0.15) is 10.2 Å². The van der Waals surface area contributed by atoms with Crippen molar-refractivity contribution in [3.63, 3.8) is 0 Å². The Balaban J connectivity index is 1.54. The van der Waals surface area contributed by atoms with Gasteiger partial charge in [-0.05, 0) is 25.0 Å². The first kappa shape index (κ1) is 12.6. The van der Waals surface area contributed by atoms with Gasteiger partial charge in [0.05, 0.1) is 23.4 Å². The molecule has 4 rings (SSSR count). The van der Waals surface area contributed by atoms with E-state index < -0.39 is 0 Å². The van der Waals surface area contributed by atoms with Crippen molar-refractivity contribution in [3.05, 3.63) is 47.9 Å². The average molecular weight is 281 g/mol. The van der Waals surface area contributed by atoms with Crippen LogP contribution in [0.1, 0.15) is 24.2 Å². The van der Waals surface area contributed by atoms with Crippen LogP contribution in [0.5, 0.6) is 0 Å². The molecule has 0 unspecified atom stereocenters. The summed E-state index contributed by atoms with van der Waals surface area (Å²) in [6.45, 7) is 1.57. The summed E-state index contributed by atoms with van der Waals surface area (Å²) in [6, 6.07) is 11.1. The van der Waals surface area contributed by atoms with Gasteiger partial charge in [-0.25, -0.2) is 0 Å². The Morgan fingerprint density at radius 2 is 2.05 bits per heavy atom. The van der Waals surface area contributed by atoms with Crippen LogP contribution in [0.15, 0.2) is 36.5 Å². The fourth-order valence-electron chi connectivity index (χ4n) is 2.68. The standard InChI is InChI=1S/C16H19N5/c1-20-16-5-3-2-4-14(16)15(19-20)11-21-9-8-13(18-21)10-17-12-6-7-12/h2-5,8-9,12,17H,6-7,10-11H2,1H3. The first-order valence-electron chi connectivity index (χ1n) is 7.46. The molecule has 0 radical (unpaired) electrons. The van der Waals surface area contributed by atoms with Gasteiger partial charge in [0.2, 0.25) is 0 Å². The number of hydrogen-bond acceptors (Lipinski definition) is 3. The molecule has 0 bridgehead atoms. The molecular formula is C16H19N5. The molecule has 3 aromatic rings. The van der Waals surface area contributed by atoms with Gasteiger partial charge in [-0.1, -0.05) is 18.2 Å². The van der Waals surface area contributed by atoms with Crippen molar-refractivity contribution < 1.29 is 0 Å². The molecule has 0 saturated heterocycles. The molecule has 1 aliphatic carbocycles. The second-order valence-corrected chi connectivity index (χ2v) is 5.75. The van der Waals surface area contributed by atoms with Crippen LogP contribution < -0.4 is 5.32 Å². The summed E-state index contributed by atoms with van der Waals surface area (Å²) in [5.41, 5.74) is 3.33. The highest BCUT2D eigenvalue weighted by molar-refractivity contribution is 5.81. The highest BCUT2D eigenvalue weighted by Gasteiger charge is 2.20. The number of benzene rings is 1. The third kappa shape index (κ3) is 2.56. The van der Waals surface area contributed by atoms with Gasteiger partial charge < -0.3 is 5.32 Å². The van der Waals surface area contributed by atoms with E-state index in [1.165, 1.54) is 18.2 Å². The van der Waals surface area contributed by atoms with Gasteiger partial charge in [0.1, 0.15) is 0 Å². The molecule has 1 saturated carbocycles. The Hall–Kier alpha value is -2.14. The van der Waals surface area contributed by atoms with E-state index in [0.717, 1.165) is 29.5 Å². The summed E-state index contributed by atoms with van der Waals surface area (Å²) in [7, 11) is 1.99. The smallest absolute Gasteiger partial charge is 0.0918 e. The maximum absolute atomic E-state index is 4.63. The zero-order valence-electron chi connectivity index (χ0n) is 12.2. The van der Waals surface area contributed by atoms with Crippen LogP contribution in [0.3, 0.4) is 0 Å². The second kappa shape index (κ2) is 5.00. The van der Waals surface area contributed by atoms with Crippen molar-refractivity contribution >= 4 is 10.9 Å². The van der Waals surface area contributed by atoms with E-state index >= 15 is 0 Å². The number of para-hydroxylation sites is 1. The third-order valence-corrected chi connectivity index (χ3v) is 3.99. The van der Waals surface area contributed by atoms with Gasteiger partial charge in [0, 0.05) is 31.2 Å².